The molecular weight excluding hydrogens is 282 g/mol. The highest BCUT2D eigenvalue weighted by molar-refractivity contribution is 6.06. The van der Waals surface area contributed by atoms with Crippen molar-refractivity contribution in [1.82, 2.24) is 4.90 Å². The summed E-state index contributed by atoms with van der Waals surface area (Å²) in [5.74, 6) is 0.570. The van der Waals surface area contributed by atoms with Crippen LogP contribution in [0, 0.1) is 12.3 Å². The van der Waals surface area contributed by atoms with Gasteiger partial charge in [-0.1, -0.05) is 37.3 Å². The highest BCUT2D eigenvalue weighted by Gasteiger charge is 2.53. The third-order valence-corrected chi connectivity index (χ3v) is 6.46. The molecule has 0 saturated carbocycles. The summed E-state index contributed by atoms with van der Waals surface area (Å²) < 4.78 is 6.36. The molecule has 1 aromatic heterocycles. The SMILES string of the molecule is Cc1ccc2c(oc3ccccc32)c1C1[C@@H](C)N2CCC1(C)C2. The van der Waals surface area contributed by atoms with Crippen LogP contribution in [-0.4, -0.2) is 24.0 Å². The molecule has 3 aromatic rings. The molecule has 5 rings (SSSR count). The first kappa shape index (κ1) is 13.6. The minimum atomic E-state index is 0.386. The van der Waals surface area contributed by atoms with Gasteiger partial charge in [0.1, 0.15) is 11.2 Å². The molecule has 2 heteroatoms. The Morgan fingerprint density at radius 2 is 1.96 bits per heavy atom. The van der Waals surface area contributed by atoms with Crippen LogP contribution in [0.15, 0.2) is 40.8 Å². The number of hydrogen-bond acceptors (Lipinski definition) is 2. The van der Waals surface area contributed by atoms with Crippen molar-refractivity contribution in [3.8, 4) is 0 Å². The normalized spacial score (nSPS) is 33.1. The summed E-state index contributed by atoms with van der Waals surface area (Å²) in [7, 11) is 0. The van der Waals surface area contributed by atoms with Crippen LogP contribution in [0.25, 0.3) is 21.9 Å². The smallest absolute Gasteiger partial charge is 0.139 e. The summed E-state index contributed by atoms with van der Waals surface area (Å²) in [5.41, 5.74) is 5.35. The van der Waals surface area contributed by atoms with E-state index in [1.807, 2.05) is 0 Å². The zero-order valence-electron chi connectivity index (χ0n) is 14.1. The molecule has 23 heavy (non-hydrogen) atoms. The van der Waals surface area contributed by atoms with Crippen LogP contribution in [-0.2, 0) is 0 Å². The van der Waals surface area contributed by atoms with Crippen molar-refractivity contribution in [3.63, 3.8) is 0 Å². The molecule has 2 aliphatic rings. The minimum Gasteiger partial charge on any atom is -0.456 e. The summed E-state index contributed by atoms with van der Waals surface area (Å²) in [6, 6.07) is 13.6. The van der Waals surface area contributed by atoms with Gasteiger partial charge in [-0.2, -0.15) is 0 Å². The summed E-state index contributed by atoms with van der Waals surface area (Å²) in [4.78, 5) is 2.66. The fraction of sp³-hybridized carbons (Fsp3) is 0.429. The molecule has 0 spiro atoms. The van der Waals surface area contributed by atoms with E-state index in [2.05, 4.69) is 62.1 Å². The predicted molar refractivity (Wildman–Crippen MR) is 95.0 cm³/mol. The van der Waals surface area contributed by atoms with Gasteiger partial charge in [-0.25, -0.2) is 0 Å². The van der Waals surface area contributed by atoms with E-state index in [4.69, 9.17) is 4.42 Å². The van der Waals surface area contributed by atoms with Crippen molar-refractivity contribution in [3.05, 3.63) is 47.5 Å². The highest BCUT2D eigenvalue weighted by Crippen LogP contribution is 2.55. The van der Waals surface area contributed by atoms with Gasteiger partial charge in [0.05, 0.1) is 0 Å². The van der Waals surface area contributed by atoms with E-state index in [1.54, 1.807) is 0 Å². The summed E-state index contributed by atoms with van der Waals surface area (Å²) in [6.07, 6.45) is 1.30. The molecule has 0 amide bonds. The molecule has 2 nitrogen and oxygen atoms in total. The molecule has 2 bridgehead atoms. The lowest BCUT2D eigenvalue weighted by atomic mass is 9.69. The van der Waals surface area contributed by atoms with E-state index < -0.39 is 0 Å². The molecule has 2 fully saturated rings. The summed E-state index contributed by atoms with van der Waals surface area (Å²) in [6.45, 7) is 9.61. The van der Waals surface area contributed by atoms with Gasteiger partial charge < -0.3 is 4.42 Å². The first-order chi connectivity index (χ1) is 11.1. The number of benzene rings is 2. The van der Waals surface area contributed by atoms with Gasteiger partial charge in [0, 0.05) is 34.8 Å². The third-order valence-electron chi connectivity index (χ3n) is 6.46. The monoisotopic (exact) mass is 305 g/mol. The van der Waals surface area contributed by atoms with Gasteiger partial charge in [-0.3, -0.25) is 4.90 Å². The first-order valence-electron chi connectivity index (χ1n) is 8.73. The van der Waals surface area contributed by atoms with Gasteiger partial charge in [0.25, 0.3) is 0 Å². The number of furan rings is 1. The van der Waals surface area contributed by atoms with Crippen LogP contribution < -0.4 is 0 Å². The third kappa shape index (κ3) is 1.68. The Morgan fingerprint density at radius 1 is 1.13 bits per heavy atom. The first-order valence-corrected chi connectivity index (χ1v) is 8.73. The van der Waals surface area contributed by atoms with Crippen LogP contribution in [0.2, 0.25) is 0 Å². The van der Waals surface area contributed by atoms with Gasteiger partial charge in [0.15, 0.2) is 0 Å². The molecule has 2 aliphatic heterocycles. The molecule has 0 radical (unpaired) electrons. The molecule has 3 unspecified atom stereocenters. The average molecular weight is 305 g/mol. The molecule has 2 aromatic carbocycles. The Labute approximate surface area is 137 Å². The molecule has 118 valence electrons. The van der Waals surface area contributed by atoms with Gasteiger partial charge in [0.2, 0.25) is 0 Å². The van der Waals surface area contributed by atoms with Crippen molar-refractivity contribution >= 4 is 21.9 Å². The maximum absolute atomic E-state index is 6.36. The van der Waals surface area contributed by atoms with Crippen molar-refractivity contribution in [2.45, 2.75) is 39.2 Å². The van der Waals surface area contributed by atoms with Crippen molar-refractivity contribution < 1.29 is 4.42 Å². The fourth-order valence-corrected chi connectivity index (χ4v) is 5.30. The summed E-state index contributed by atoms with van der Waals surface area (Å²) >= 11 is 0. The van der Waals surface area contributed by atoms with E-state index in [9.17, 15) is 0 Å². The van der Waals surface area contributed by atoms with E-state index >= 15 is 0 Å². The molecule has 3 heterocycles. The zero-order chi connectivity index (χ0) is 15.8. The Bertz CT molecular complexity index is 924. The Hall–Kier alpha value is -1.80. The van der Waals surface area contributed by atoms with Crippen LogP contribution in [0.4, 0.5) is 0 Å². The van der Waals surface area contributed by atoms with Crippen LogP contribution in [0.1, 0.15) is 37.3 Å². The van der Waals surface area contributed by atoms with Gasteiger partial charge in [-0.15, -0.1) is 0 Å². The summed E-state index contributed by atoms with van der Waals surface area (Å²) in [5, 5.41) is 2.51. The largest absolute Gasteiger partial charge is 0.456 e. The van der Waals surface area contributed by atoms with Crippen molar-refractivity contribution in [2.75, 3.05) is 13.1 Å². The Kier molecular flexibility index (Phi) is 2.60. The maximum atomic E-state index is 6.36. The Morgan fingerprint density at radius 3 is 2.74 bits per heavy atom. The number of rotatable bonds is 1. The molecular formula is C21H23NO. The van der Waals surface area contributed by atoms with Crippen LogP contribution in [0.3, 0.4) is 0 Å². The van der Waals surface area contributed by atoms with Crippen LogP contribution >= 0.6 is 0 Å². The highest BCUT2D eigenvalue weighted by atomic mass is 16.3. The van der Waals surface area contributed by atoms with Gasteiger partial charge in [-0.05, 0) is 43.9 Å². The molecule has 0 aliphatic carbocycles. The quantitative estimate of drug-likeness (QED) is 0.622. The lowest BCUT2D eigenvalue weighted by molar-refractivity contribution is 0.227. The average Bonchev–Trinajstić information content (AvgIpc) is 3.17. The second-order valence-corrected chi connectivity index (χ2v) is 7.86. The van der Waals surface area contributed by atoms with Crippen LogP contribution in [0.5, 0.6) is 0 Å². The second kappa shape index (κ2) is 4.39. The fourth-order valence-electron chi connectivity index (χ4n) is 5.30. The standard InChI is InChI=1S/C21H23NO/c1-13-8-9-16-15-6-4-5-7-17(15)23-20(16)18(13)19-14(2)22-11-10-21(19,3)12-22/h4-9,14,19H,10-12H2,1-3H3/t14-,19?,21?/m1/s1. The lowest BCUT2D eigenvalue weighted by Crippen LogP contribution is -2.35. The number of fused-ring (bicyclic) bond motifs is 5. The number of hydrogen-bond donors (Lipinski definition) is 0. The topological polar surface area (TPSA) is 16.4 Å². The molecule has 0 N–H and O–H groups in total. The second-order valence-electron chi connectivity index (χ2n) is 7.86. The maximum Gasteiger partial charge on any atom is 0.139 e. The van der Waals surface area contributed by atoms with E-state index in [0.717, 1.165) is 11.2 Å². The van der Waals surface area contributed by atoms with Crippen molar-refractivity contribution in [2.24, 2.45) is 5.41 Å². The molecule has 4 atom stereocenters. The van der Waals surface area contributed by atoms with Crippen molar-refractivity contribution in [1.29, 1.82) is 0 Å². The Balaban J connectivity index is 1.83. The molecule has 2 saturated heterocycles. The van der Waals surface area contributed by atoms with Gasteiger partial charge >= 0.3 is 0 Å². The minimum absolute atomic E-state index is 0.386. The number of piperidine rings is 1. The van der Waals surface area contributed by atoms with E-state index in [-0.39, 0.29) is 0 Å². The lowest BCUT2D eigenvalue weighted by Gasteiger charge is -2.36. The van der Waals surface area contributed by atoms with E-state index in [1.165, 1.54) is 41.4 Å². The predicted octanol–water partition coefficient (Wildman–Crippen LogP) is 5.09. The number of para-hydroxylation sites is 1. The number of nitrogens with zero attached hydrogens (tertiary/aromatic N) is 1. The van der Waals surface area contributed by atoms with E-state index in [0.29, 0.717) is 17.4 Å². The number of aryl methyl sites for hydroxylation is 1. The zero-order valence-corrected chi connectivity index (χ0v) is 14.1.